The molecule has 0 fully saturated rings. The number of halogens is 1. The first-order valence-corrected chi connectivity index (χ1v) is 4.96. The largest absolute Gasteiger partial charge is 0.480 e. The minimum Gasteiger partial charge on any atom is -0.480 e. The summed E-state index contributed by atoms with van der Waals surface area (Å²) in [7, 11) is 1.61. The summed E-state index contributed by atoms with van der Waals surface area (Å²) in [5.74, 6) is 0.625. The molecule has 0 aliphatic heterocycles. The monoisotopic (exact) mass is 244 g/mol. The molecule has 0 aromatic carbocycles. The number of rotatable bonds is 4. The Morgan fingerprint density at radius 1 is 1.62 bits per heavy atom. The third-order valence-corrected chi connectivity index (χ3v) is 2.20. The maximum atomic E-state index is 5.03. The number of hydrogen-bond donors (Lipinski definition) is 1. The summed E-state index contributed by atoms with van der Waals surface area (Å²) >= 11 is 3.38. The zero-order valence-electron chi connectivity index (χ0n) is 7.80. The molecule has 1 heterocycles. The third kappa shape index (κ3) is 2.97. The summed E-state index contributed by atoms with van der Waals surface area (Å²) in [6.45, 7) is 3.88. The SMILES string of the molecule is CCNCc1cnc(OC)c(Br)c1. The number of nitrogens with one attached hydrogen (secondary N) is 1. The molecular formula is C9H13BrN2O. The van der Waals surface area contributed by atoms with Crippen molar-refractivity contribution >= 4 is 15.9 Å². The Hall–Kier alpha value is -0.610. The van der Waals surface area contributed by atoms with Gasteiger partial charge in [0.15, 0.2) is 0 Å². The van der Waals surface area contributed by atoms with Crippen LogP contribution in [0.25, 0.3) is 0 Å². The molecule has 0 atom stereocenters. The number of methoxy groups -OCH3 is 1. The minimum absolute atomic E-state index is 0.625. The van der Waals surface area contributed by atoms with E-state index in [4.69, 9.17) is 4.74 Å². The lowest BCUT2D eigenvalue weighted by Crippen LogP contribution is -2.11. The lowest BCUT2D eigenvalue weighted by molar-refractivity contribution is 0.394. The predicted molar refractivity (Wildman–Crippen MR) is 55.9 cm³/mol. The number of ether oxygens (including phenoxy) is 1. The van der Waals surface area contributed by atoms with Crippen LogP contribution in [0.4, 0.5) is 0 Å². The van der Waals surface area contributed by atoms with Crippen molar-refractivity contribution in [2.45, 2.75) is 13.5 Å². The van der Waals surface area contributed by atoms with Gasteiger partial charge in [0.1, 0.15) is 0 Å². The summed E-state index contributed by atoms with van der Waals surface area (Å²) in [6, 6.07) is 2.01. The van der Waals surface area contributed by atoms with Crippen LogP contribution < -0.4 is 10.1 Å². The lowest BCUT2D eigenvalue weighted by atomic mass is 10.3. The molecule has 0 unspecified atom stereocenters. The average Bonchev–Trinajstić information content (AvgIpc) is 2.15. The molecule has 72 valence electrons. The first-order valence-electron chi connectivity index (χ1n) is 4.17. The van der Waals surface area contributed by atoms with E-state index in [0.29, 0.717) is 5.88 Å². The molecule has 0 saturated heterocycles. The molecule has 0 spiro atoms. The van der Waals surface area contributed by atoms with Crippen molar-refractivity contribution < 1.29 is 4.74 Å². The van der Waals surface area contributed by atoms with Gasteiger partial charge in [-0.25, -0.2) is 4.98 Å². The van der Waals surface area contributed by atoms with Crippen molar-refractivity contribution in [3.8, 4) is 5.88 Å². The van der Waals surface area contributed by atoms with Crippen LogP contribution in [0.1, 0.15) is 12.5 Å². The van der Waals surface area contributed by atoms with Crippen LogP contribution in [0.5, 0.6) is 5.88 Å². The molecule has 1 aromatic rings. The fourth-order valence-corrected chi connectivity index (χ4v) is 1.54. The van der Waals surface area contributed by atoms with Crippen LogP contribution in [0.15, 0.2) is 16.7 Å². The zero-order valence-corrected chi connectivity index (χ0v) is 9.39. The summed E-state index contributed by atoms with van der Waals surface area (Å²) < 4.78 is 5.92. The standard InChI is InChI=1S/C9H13BrN2O/c1-3-11-5-7-4-8(10)9(13-2)12-6-7/h4,6,11H,3,5H2,1-2H3. The van der Waals surface area contributed by atoms with Crippen molar-refractivity contribution in [3.63, 3.8) is 0 Å². The Morgan fingerprint density at radius 2 is 2.38 bits per heavy atom. The van der Waals surface area contributed by atoms with E-state index in [1.807, 2.05) is 12.3 Å². The number of aromatic nitrogens is 1. The highest BCUT2D eigenvalue weighted by Gasteiger charge is 2.01. The van der Waals surface area contributed by atoms with E-state index in [9.17, 15) is 0 Å². The minimum atomic E-state index is 0.625. The molecular weight excluding hydrogens is 232 g/mol. The van der Waals surface area contributed by atoms with Gasteiger partial charge in [-0.1, -0.05) is 6.92 Å². The Kier molecular flexibility index (Phi) is 4.18. The van der Waals surface area contributed by atoms with Crippen LogP contribution in [0.2, 0.25) is 0 Å². The van der Waals surface area contributed by atoms with E-state index >= 15 is 0 Å². The Bertz CT molecular complexity index is 278. The first kappa shape index (κ1) is 10.5. The van der Waals surface area contributed by atoms with Gasteiger partial charge in [-0.15, -0.1) is 0 Å². The molecule has 1 N–H and O–H groups in total. The van der Waals surface area contributed by atoms with Gasteiger partial charge in [-0.05, 0) is 34.1 Å². The zero-order chi connectivity index (χ0) is 9.68. The number of nitrogens with zero attached hydrogens (tertiary/aromatic N) is 1. The Labute approximate surface area is 86.6 Å². The molecule has 3 nitrogen and oxygen atoms in total. The molecule has 0 bridgehead atoms. The molecule has 0 saturated carbocycles. The van der Waals surface area contributed by atoms with E-state index in [-0.39, 0.29) is 0 Å². The fraction of sp³-hybridized carbons (Fsp3) is 0.444. The van der Waals surface area contributed by atoms with Gasteiger partial charge in [0.2, 0.25) is 5.88 Å². The van der Waals surface area contributed by atoms with E-state index in [1.54, 1.807) is 7.11 Å². The topological polar surface area (TPSA) is 34.2 Å². The van der Waals surface area contributed by atoms with Gasteiger partial charge < -0.3 is 10.1 Å². The second-order valence-corrected chi connectivity index (χ2v) is 3.47. The van der Waals surface area contributed by atoms with Crippen molar-refractivity contribution in [2.75, 3.05) is 13.7 Å². The highest BCUT2D eigenvalue weighted by Crippen LogP contribution is 2.22. The van der Waals surface area contributed by atoms with Crippen LogP contribution >= 0.6 is 15.9 Å². The van der Waals surface area contributed by atoms with E-state index in [2.05, 4.69) is 33.2 Å². The summed E-state index contributed by atoms with van der Waals surface area (Å²) in [4.78, 5) is 4.14. The van der Waals surface area contributed by atoms with Gasteiger partial charge >= 0.3 is 0 Å². The van der Waals surface area contributed by atoms with Crippen LogP contribution in [0.3, 0.4) is 0 Å². The average molecular weight is 245 g/mol. The molecule has 0 amide bonds. The van der Waals surface area contributed by atoms with Gasteiger partial charge in [0, 0.05) is 12.7 Å². The summed E-state index contributed by atoms with van der Waals surface area (Å²) in [5, 5.41) is 3.23. The van der Waals surface area contributed by atoms with Gasteiger partial charge in [-0.3, -0.25) is 0 Å². The Balaban J connectivity index is 2.71. The maximum Gasteiger partial charge on any atom is 0.227 e. The van der Waals surface area contributed by atoms with Gasteiger partial charge in [0.25, 0.3) is 0 Å². The third-order valence-electron chi connectivity index (χ3n) is 1.64. The van der Waals surface area contributed by atoms with Crippen molar-refractivity contribution in [1.82, 2.24) is 10.3 Å². The summed E-state index contributed by atoms with van der Waals surface area (Å²) in [6.07, 6.45) is 1.81. The Morgan fingerprint density at radius 3 is 2.92 bits per heavy atom. The van der Waals surface area contributed by atoms with Crippen molar-refractivity contribution in [3.05, 3.63) is 22.3 Å². The second kappa shape index (κ2) is 5.19. The molecule has 0 aliphatic rings. The molecule has 0 aliphatic carbocycles. The number of pyridine rings is 1. The lowest BCUT2D eigenvalue weighted by Gasteiger charge is -2.05. The van der Waals surface area contributed by atoms with Gasteiger partial charge in [0.05, 0.1) is 11.6 Å². The second-order valence-electron chi connectivity index (χ2n) is 2.61. The molecule has 1 aromatic heterocycles. The van der Waals surface area contributed by atoms with Crippen molar-refractivity contribution in [2.24, 2.45) is 0 Å². The highest BCUT2D eigenvalue weighted by atomic mass is 79.9. The van der Waals surface area contributed by atoms with Crippen molar-refractivity contribution in [1.29, 1.82) is 0 Å². The molecule has 13 heavy (non-hydrogen) atoms. The maximum absolute atomic E-state index is 5.03. The smallest absolute Gasteiger partial charge is 0.227 e. The summed E-state index contributed by atoms with van der Waals surface area (Å²) in [5.41, 5.74) is 1.15. The first-order chi connectivity index (χ1) is 6.27. The van der Waals surface area contributed by atoms with Crippen LogP contribution in [0, 0.1) is 0 Å². The molecule has 0 radical (unpaired) electrons. The normalized spacial score (nSPS) is 10.1. The molecule has 4 heteroatoms. The van der Waals surface area contributed by atoms with E-state index in [1.165, 1.54) is 0 Å². The number of hydrogen-bond acceptors (Lipinski definition) is 3. The van der Waals surface area contributed by atoms with Crippen LogP contribution in [-0.4, -0.2) is 18.6 Å². The van der Waals surface area contributed by atoms with E-state index < -0.39 is 0 Å². The predicted octanol–water partition coefficient (Wildman–Crippen LogP) is 1.96. The van der Waals surface area contributed by atoms with Gasteiger partial charge in [-0.2, -0.15) is 0 Å². The van der Waals surface area contributed by atoms with E-state index in [0.717, 1.165) is 23.1 Å². The molecule has 1 rings (SSSR count). The van der Waals surface area contributed by atoms with Crippen LogP contribution in [-0.2, 0) is 6.54 Å². The quantitative estimate of drug-likeness (QED) is 0.880. The fourth-order valence-electron chi connectivity index (χ4n) is 0.981. The highest BCUT2D eigenvalue weighted by molar-refractivity contribution is 9.10.